The number of fused-ring (bicyclic) bond motifs is 5. The Hall–Kier alpha value is -1.94. The van der Waals surface area contributed by atoms with Gasteiger partial charge in [0.25, 0.3) is 0 Å². The van der Waals surface area contributed by atoms with Crippen LogP contribution in [0.4, 0.5) is 4.39 Å². The van der Waals surface area contributed by atoms with Crippen molar-refractivity contribution in [2.45, 2.75) is 63.8 Å². The van der Waals surface area contributed by atoms with Crippen molar-refractivity contribution in [2.24, 2.45) is 28.6 Å². The highest BCUT2D eigenvalue weighted by atomic mass is 19.1. The first kappa shape index (κ1) is 26.1. The van der Waals surface area contributed by atoms with Crippen molar-refractivity contribution in [1.82, 2.24) is 10.6 Å². The zero-order valence-electron chi connectivity index (χ0n) is 20.9. The average Bonchev–Trinajstić information content (AvgIpc) is 3.00. The molecule has 0 heterocycles. The Morgan fingerprint density at radius 1 is 1.29 bits per heavy atom. The van der Waals surface area contributed by atoms with E-state index in [0.29, 0.717) is 24.8 Å². The molecule has 194 valence electrons. The van der Waals surface area contributed by atoms with E-state index in [2.05, 4.69) is 10.6 Å². The number of ketones is 2. The first-order valence-corrected chi connectivity index (χ1v) is 12.4. The van der Waals surface area contributed by atoms with Crippen LogP contribution in [0.25, 0.3) is 0 Å². The fourth-order valence-corrected chi connectivity index (χ4v) is 7.75. The molecule has 4 N–H and O–H groups in total. The van der Waals surface area contributed by atoms with Gasteiger partial charge in [-0.25, -0.2) is 4.39 Å². The Balaban J connectivity index is 1.58. The topological polar surface area (TPSA) is 125 Å². The minimum atomic E-state index is -2.01. The molecule has 0 aromatic rings. The molecule has 4 aliphatic carbocycles. The molecule has 35 heavy (non-hydrogen) atoms. The highest BCUT2D eigenvalue weighted by molar-refractivity contribution is 6.01. The first-order valence-electron chi connectivity index (χ1n) is 12.4. The Bertz CT molecular complexity index is 983. The fourth-order valence-electron chi connectivity index (χ4n) is 7.75. The summed E-state index contributed by atoms with van der Waals surface area (Å²) in [6.45, 7) is 4.85. The number of aliphatic hydroxyl groups is 2. The zero-order chi connectivity index (χ0) is 25.8. The third kappa shape index (κ3) is 3.57. The average molecular weight is 493 g/mol. The summed E-state index contributed by atoms with van der Waals surface area (Å²) < 4.78 is 22.5. The molecule has 9 heteroatoms. The number of hydrogen-bond donors (Lipinski definition) is 4. The van der Waals surface area contributed by atoms with E-state index in [1.165, 1.54) is 12.2 Å². The molecule has 0 unspecified atom stereocenters. The number of rotatable bonds is 7. The van der Waals surface area contributed by atoms with Crippen molar-refractivity contribution in [3.63, 3.8) is 0 Å². The van der Waals surface area contributed by atoms with E-state index in [1.54, 1.807) is 33.9 Å². The molecule has 0 spiro atoms. The van der Waals surface area contributed by atoms with Crippen LogP contribution in [0.2, 0.25) is 0 Å². The van der Waals surface area contributed by atoms with E-state index in [0.717, 1.165) is 0 Å². The van der Waals surface area contributed by atoms with Gasteiger partial charge < -0.3 is 25.6 Å². The lowest BCUT2D eigenvalue weighted by molar-refractivity contribution is -0.220. The lowest BCUT2D eigenvalue weighted by Gasteiger charge is -2.62. The standard InChI is InChI=1S/C26H37FN2O6/c1-15-9-19-18-6-5-16-10-17(30)7-8-23(16,2)25(18,27)20(31)11-24(19,3)26(15,34)21(32)13-35-14-29-22(33)12-28-4/h7-8,10,15,18-20,28,31,34H,5-6,9,11-14H2,1-4H3,(H,29,33)/t15-,18+,19+,20+,23+,24+,25+,26+/m1/s1. The zero-order valence-corrected chi connectivity index (χ0v) is 20.9. The van der Waals surface area contributed by atoms with E-state index in [1.807, 2.05) is 0 Å². The van der Waals surface area contributed by atoms with Gasteiger partial charge in [-0.05, 0) is 63.6 Å². The van der Waals surface area contributed by atoms with Crippen LogP contribution in [0, 0.1) is 28.6 Å². The molecule has 0 saturated heterocycles. The molecule has 0 aromatic heterocycles. The number of ether oxygens (including phenoxy) is 1. The summed E-state index contributed by atoms with van der Waals surface area (Å²) in [4.78, 5) is 36.9. The second-order valence-corrected chi connectivity index (χ2v) is 11.2. The number of amides is 1. The summed E-state index contributed by atoms with van der Waals surface area (Å²) in [5.74, 6) is -2.36. The summed E-state index contributed by atoms with van der Waals surface area (Å²) >= 11 is 0. The van der Waals surface area contributed by atoms with Crippen LogP contribution in [0.3, 0.4) is 0 Å². The molecule has 8 nitrogen and oxygen atoms in total. The number of Topliss-reactive ketones (excluding diaryl/α,β-unsaturated/α-hetero) is 1. The first-order chi connectivity index (χ1) is 16.4. The SMILES string of the molecule is CNCC(=O)NCOCC(=O)[C@@]1(O)[C@H](C)C[C@H]2[C@@H]3CCC4=CC(=O)C=C[C@]4(C)[C@@]3(F)[C@@H](O)C[C@@]21C. The Morgan fingerprint density at radius 2 is 2.00 bits per heavy atom. The number of hydrogen-bond acceptors (Lipinski definition) is 7. The maximum atomic E-state index is 17.1. The number of alkyl halides is 1. The summed E-state index contributed by atoms with van der Waals surface area (Å²) in [6, 6.07) is 0. The van der Waals surface area contributed by atoms with Crippen LogP contribution in [0.5, 0.6) is 0 Å². The monoisotopic (exact) mass is 492 g/mol. The van der Waals surface area contributed by atoms with Gasteiger partial charge in [0.1, 0.15) is 18.9 Å². The Labute approximate surface area is 205 Å². The number of likely N-dealkylation sites (N-methyl/N-ethyl adjacent to an activating group) is 1. The van der Waals surface area contributed by atoms with Crippen LogP contribution >= 0.6 is 0 Å². The summed E-state index contributed by atoms with van der Waals surface area (Å²) in [7, 11) is 1.64. The van der Waals surface area contributed by atoms with E-state index in [-0.39, 0.29) is 37.3 Å². The molecular formula is C26H37FN2O6. The van der Waals surface area contributed by atoms with Crippen LogP contribution in [0.15, 0.2) is 23.8 Å². The quantitative estimate of drug-likeness (QED) is 0.311. The lowest BCUT2D eigenvalue weighted by Crippen LogP contribution is -2.69. The third-order valence-corrected chi connectivity index (χ3v) is 9.59. The van der Waals surface area contributed by atoms with Gasteiger partial charge in [0.05, 0.1) is 12.6 Å². The van der Waals surface area contributed by atoms with Gasteiger partial charge in [-0.3, -0.25) is 14.4 Å². The summed E-state index contributed by atoms with van der Waals surface area (Å²) in [5.41, 5.74) is -5.29. The molecule has 0 bridgehead atoms. The predicted octanol–water partition coefficient (Wildman–Crippen LogP) is 1.21. The largest absolute Gasteiger partial charge is 0.390 e. The Kier molecular flexibility index (Phi) is 6.62. The second kappa shape index (κ2) is 8.87. The fraction of sp³-hybridized carbons (Fsp3) is 0.731. The van der Waals surface area contributed by atoms with Crippen LogP contribution in [0.1, 0.15) is 46.5 Å². The minimum absolute atomic E-state index is 0.0825. The molecule has 3 saturated carbocycles. The lowest BCUT2D eigenvalue weighted by atomic mass is 9.44. The number of halogens is 1. The number of allylic oxidation sites excluding steroid dienone is 4. The summed E-state index contributed by atoms with van der Waals surface area (Å²) in [6.07, 6.45) is 4.35. The molecule has 4 aliphatic rings. The minimum Gasteiger partial charge on any atom is -0.390 e. The van der Waals surface area contributed by atoms with Gasteiger partial charge >= 0.3 is 0 Å². The third-order valence-electron chi connectivity index (χ3n) is 9.59. The Morgan fingerprint density at radius 3 is 2.69 bits per heavy atom. The summed E-state index contributed by atoms with van der Waals surface area (Å²) in [5, 5.41) is 28.4. The second-order valence-electron chi connectivity index (χ2n) is 11.2. The van der Waals surface area contributed by atoms with Crippen LogP contribution in [-0.4, -0.2) is 72.0 Å². The normalized spacial score (nSPS) is 44.2. The molecule has 1 amide bonds. The maximum Gasteiger partial charge on any atom is 0.235 e. The van der Waals surface area contributed by atoms with Gasteiger partial charge in [-0.1, -0.05) is 25.5 Å². The van der Waals surface area contributed by atoms with Crippen molar-refractivity contribution in [2.75, 3.05) is 26.9 Å². The van der Waals surface area contributed by atoms with Crippen molar-refractivity contribution in [3.8, 4) is 0 Å². The highest BCUT2D eigenvalue weighted by Gasteiger charge is 2.75. The smallest absolute Gasteiger partial charge is 0.235 e. The van der Waals surface area contributed by atoms with E-state index < -0.39 is 52.4 Å². The van der Waals surface area contributed by atoms with Crippen LogP contribution in [-0.2, 0) is 19.1 Å². The van der Waals surface area contributed by atoms with Gasteiger partial charge in [-0.2, -0.15) is 0 Å². The van der Waals surface area contributed by atoms with Gasteiger partial charge in [-0.15, -0.1) is 0 Å². The predicted molar refractivity (Wildman–Crippen MR) is 126 cm³/mol. The molecular weight excluding hydrogens is 455 g/mol. The maximum absolute atomic E-state index is 17.1. The van der Waals surface area contributed by atoms with Crippen molar-refractivity contribution >= 4 is 17.5 Å². The number of carbonyl (C=O) groups excluding carboxylic acids is 3. The molecule has 4 rings (SSSR count). The molecule has 0 aliphatic heterocycles. The van der Waals surface area contributed by atoms with E-state index in [4.69, 9.17) is 4.74 Å². The van der Waals surface area contributed by atoms with Crippen LogP contribution < -0.4 is 10.6 Å². The van der Waals surface area contributed by atoms with Crippen molar-refractivity contribution in [3.05, 3.63) is 23.8 Å². The molecule has 0 radical (unpaired) electrons. The number of nitrogens with one attached hydrogen (secondary N) is 2. The van der Waals surface area contributed by atoms with Crippen molar-refractivity contribution in [1.29, 1.82) is 0 Å². The van der Waals surface area contributed by atoms with E-state index >= 15 is 4.39 Å². The van der Waals surface area contributed by atoms with Gasteiger partial charge in [0.15, 0.2) is 17.2 Å². The number of aliphatic hydroxyl groups excluding tert-OH is 1. The van der Waals surface area contributed by atoms with Gasteiger partial charge in [0.2, 0.25) is 5.91 Å². The van der Waals surface area contributed by atoms with Crippen molar-refractivity contribution < 1.29 is 33.7 Å². The molecule has 3 fully saturated rings. The van der Waals surface area contributed by atoms with Gasteiger partial charge in [0, 0.05) is 16.7 Å². The van der Waals surface area contributed by atoms with E-state index in [9.17, 15) is 24.6 Å². The number of carbonyl (C=O) groups is 3. The highest BCUT2D eigenvalue weighted by Crippen LogP contribution is 2.70. The molecule has 8 atom stereocenters. The molecule has 0 aromatic carbocycles.